The van der Waals surface area contributed by atoms with E-state index in [0.29, 0.717) is 18.7 Å². The molecule has 0 unspecified atom stereocenters. The largest absolute Gasteiger partial charge is 0.494 e. The zero-order valence-corrected chi connectivity index (χ0v) is 13.0. The Morgan fingerprint density at radius 3 is 2.68 bits per heavy atom. The summed E-state index contributed by atoms with van der Waals surface area (Å²) in [7, 11) is 0. The van der Waals surface area contributed by atoms with Crippen LogP contribution in [0.5, 0.6) is 5.75 Å². The normalized spacial score (nSPS) is 10.5. The molecule has 118 valence electrons. The van der Waals surface area contributed by atoms with E-state index in [9.17, 15) is 4.79 Å². The molecule has 0 aliphatic rings. The second-order valence-corrected chi connectivity index (χ2v) is 4.89. The first-order valence-corrected chi connectivity index (χ1v) is 7.55. The third-order valence-electron chi connectivity index (χ3n) is 2.98. The van der Waals surface area contributed by atoms with Crippen molar-refractivity contribution in [1.29, 1.82) is 0 Å². The zero-order valence-electron chi connectivity index (χ0n) is 13.0. The van der Waals surface area contributed by atoms with Crippen molar-refractivity contribution in [2.75, 3.05) is 11.9 Å². The highest BCUT2D eigenvalue weighted by molar-refractivity contribution is 6.03. The summed E-state index contributed by atoms with van der Waals surface area (Å²) in [4.78, 5) is 13.6. The lowest BCUT2D eigenvalue weighted by Crippen LogP contribution is -2.13. The van der Waals surface area contributed by atoms with Crippen LogP contribution in [0.15, 0.2) is 24.3 Å². The Labute approximate surface area is 129 Å². The number of anilines is 1. The van der Waals surface area contributed by atoms with E-state index in [1.807, 2.05) is 6.92 Å². The number of aromatic nitrogens is 4. The number of benzene rings is 1. The molecular formula is C15H21N5O2. The lowest BCUT2D eigenvalue weighted by Gasteiger charge is -2.05. The Morgan fingerprint density at radius 2 is 2.00 bits per heavy atom. The molecule has 0 bridgehead atoms. The zero-order chi connectivity index (χ0) is 15.8. The highest BCUT2D eigenvalue weighted by Crippen LogP contribution is 2.13. The highest BCUT2D eigenvalue weighted by atomic mass is 16.5. The predicted octanol–water partition coefficient (Wildman–Crippen LogP) is 2.51. The van der Waals surface area contributed by atoms with E-state index < -0.39 is 0 Å². The monoisotopic (exact) mass is 303 g/mol. The summed E-state index contributed by atoms with van der Waals surface area (Å²) < 4.78 is 5.48. The SMILES string of the molecule is CCCCn1nnc(NC(=O)c2ccc(OCCC)cc2)n1. The first-order valence-electron chi connectivity index (χ1n) is 7.55. The third kappa shape index (κ3) is 4.54. The van der Waals surface area contributed by atoms with Gasteiger partial charge in [0.15, 0.2) is 0 Å². The molecule has 0 radical (unpaired) electrons. The first kappa shape index (κ1) is 15.9. The van der Waals surface area contributed by atoms with Gasteiger partial charge in [0, 0.05) is 5.56 Å². The van der Waals surface area contributed by atoms with Crippen LogP contribution in [0.3, 0.4) is 0 Å². The average Bonchev–Trinajstić information content (AvgIpc) is 2.98. The fraction of sp³-hybridized carbons (Fsp3) is 0.467. The lowest BCUT2D eigenvalue weighted by molar-refractivity contribution is 0.102. The summed E-state index contributed by atoms with van der Waals surface area (Å²) in [5, 5.41) is 14.4. The quantitative estimate of drug-likeness (QED) is 0.810. The third-order valence-corrected chi connectivity index (χ3v) is 2.98. The molecule has 0 spiro atoms. The van der Waals surface area contributed by atoms with Gasteiger partial charge in [-0.2, -0.15) is 4.80 Å². The molecule has 1 aromatic heterocycles. The van der Waals surface area contributed by atoms with Crippen molar-refractivity contribution in [1.82, 2.24) is 20.2 Å². The maximum Gasteiger partial charge on any atom is 0.270 e. The van der Waals surface area contributed by atoms with Gasteiger partial charge in [0.1, 0.15) is 5.75 Å². The van der Waals surface area contributed by atoms with Crippen molar-refractivity contribution in [2.45, 2.75) is 39.7 Å². The van der Waals surface area contributed by atoms with Crippen LogP contribution in [0.2, 0.25) is 0 Å². The number of carbonyl (C=O) groups excluding carboxylic acids is 1. The number of nitrogens with zero attached hydrogens (tertiary/aromatic N) is 4. The molecule has 0 saturated carbocycles. The summed E-state index contributed by atoms with van der Waals surface area (Å²) in [6, 6.07) is 6.97. The second-order valence-electron chi connectivity index (χ2n) is 4.89. The minimum Gasteiger partial charge on any atom is -0.494 e. The van der Waals surface area contributed by atoms with Crippen LogP contribution in [-0.4, -0.2) is 32.7 Å². The number of carbonyl (C=O) groups is 1. The molecule has 7 nitrogen and oxygen atoms in total. The van der Waals surface area contributed by atoms with Crippen LogP contribution in [0.1, 0.15) is 43.5 Å². The maximum absolute atomic E-state index is 12.1. The van der Waals surface area contributed by atoms with Gasteiger partial charge in [-0.05, 0) is 42.3 Å². The molecule has 0 saturated heterocycles. The standard InChI is InChI=1S/C15H21N5O2/c1-3-5-10-20-18-15(17-19-20)16-14(21)12-6-8-13(9-7-12)22-11-4-2/h6-9H,3-5,10-11H2,1-2H3,(H,16,18,21). The van der Waals surface area contributed by atoms with E-state index in [4.69, 9.17) is 4.74 Å². The fourth-order valence-corrected chi connectivity index (χ4v) is 1.78. The maximum atomic E-state index is 12.1. The average molecular weight is 303 g/mol. The van der Waals surface area contributed by atoms with Gasteiger partial charge in [0.05, 0.1) is 13.2 Å². The molecule has 0 atom stereocenters. The molecule has 7 heteroatoms. The van der Waals surface area contributed by atoms with E-state index in [2.05, 4.69) is 27.7 Å². The number of rotatable bonds is 8. The van der Waals surface area contributed by atoms with Crippen LogP contribution in [0.4, 0.5) is 5.95 Å². The van der Waals surface area contributed by atoms with Crippen LogP contribution in [0.25, 0.3) is 0 Å². The van der Waals surface area contributed by atoms with Crippen molar-refractivity contribution >= 4 is 11.9 Å². The van der Waals surface area contributed by atoms with Crippen molar-refractivity contribution in [3.05, 3.63) is 29.8 Å². The molecular weight excluding hydrogens is 282 g/mol. The lowest BCUT2D eigenvalue weighted by atomic mass is 10.2. The number of nitrogens with one attached hydrogen (secondary N) is 1. The molecule has 22 heavy (non-hydrogen) atoms. The highest BCUT2D eigenvalue weighted by Gasteiger charge is 2.10. The summed E-state index contributed by atoms with van der Waals surface area (Å²) >= 11 is 0. The van der Waals surface area contributed by atoms with E-state index in [1.165, 1.54) is 4.80 Å². The molecule has 1 heterocycles. The number of tetrazole rings is 1. The molecule has 0 fully saturated rings. The molecule has 1 amide bonds. The number of amides is 1. The van der Waals surface area contributed by atoms with Crippen molar-refractivity contribution in [2.24, 2.45) is 0 Å². The summed E-state index contributed by atoms with van der Waals surface area (Å²) in [5.74, 6) is 0.700. The van der Waals surface area contributed by atoms with E-state index in [-0.39, 0.29) is 11.9 Å². The van der Waals surface area contributed by atoms with Gasteiger partial charge in [0.2, 0.25) is 0 Å². The van der Waals surface area contributed by atoms with E-state index in [1.54, 1.807) is 24.3 Å². The molecule has 2 aromatic rings. The van der Waals surface area contributed by atoms with E-state index >= 15 is 0 Å². The van der Waals surface area contributed by atoms with Crippen LogP contribution in [0, 0.1) is 0 Å². The molecule has 1 aromatic carbocycles. The van der Waals surface area contributed by atoms with E-state index in [0.717, 1.165) is 25.0 Å². The Bertz CT molecular complexity index is 594. The number of hydrogen-bond acceptors (Lipinski definition) is 5. The second kappa shape index (κ2) is 8.11. The predicted molar refractivity (Wildman–Crippen MR) is 82.9 cm³/mol. The Hall–Kier alpha value is -2.44. The van der Waals surface area contributed by atoms with Crippen LogP contribution in [-0.2, 0) is 6.54 Å². The molecule has 1 N–H and O–H groups in total. The van der Waals surface area contributed by atoms with Gasteiger partial charge >= 0.3 is 0 Å². The molecule has 0 aliphatic carbocycles. The minimum atomic E-state index is -0.267. The topological polar surface area (TPSA) is 81.9 Å². The smallest absolute Gasteiger partial charge is 0.270 e. The van der Waals surface area contributed by atoms with Crippen molar-refractivity contribution < 1.29 is 9.53 Å². The van der Waals surface area contributed by atoms with Gasteiger partial charge in [-0.3, -0.25) is 10.1 Å². The fourth-order valence-electron chi connectivity index (χ4n) is 1.78. The number of aryl methyl sites for hydroxylation is 1. The Kier molecular flexibility index (Phi) is 5.88. The number of unbranched alkanes of at least 4 members (excludes halogenated alkanes) is 1. The van der Waals surface area contributed by atoms with Gasteiger partial charge in [-0.15, -0.1) is 5.10 Å². The Morgan fingerprint density at radius 1 is 1.23 bits per heavy atom. The van der Waals surface area contributed by atoms with Gasteiger partial charge in [-0.25, -0.2) is 0 Å². The minimum absolute atomic E-state index is 0.215. The molecule has 0 aliphatic heterocycles. The van der Waals surface area contributed by atoms with Crippen molar-refractivity contribution in [3.8, 4) is 5.75 Å². The Balaban J connectivity index is 1.92. The summed E-state index contributed by atoms with van der Waals surface area (Å²) in [6.45, 7) is 5.50. The summed E-state index contributed by atoms with van der Waals surface area (Å²) in [5.41, 5.74) is 0.522. The summed E-state index contributed by atoms with van der Waals surface area (Å²) in [6.07, 6.45) is 2.97. The molecule has 2 rings (SSSR count). The van der Waals surface area contributed by atoms with Crippen LogP contribution < -0.4 is 10.1 Å². The van der Waals surface area contributed by atoms with Crippen LogP contribution >= 0.6 is 0 Å². The van der Waals surface area contributed by atoms with Gasteiger partial charge in [-0.1, -0.05) is 25.4 Å². The van der Waals surface area contributed by atoms with Gasteiger partial charge in [0.25, 0.3) is 11.9 Å². The number of hydrogen-bond donors (Lipinski definition) is 1. The van der Waals surface area contributed by atoms with Gasteiger partial charge < -0.3 is 4.74 Å². The first-order chi connectivity index (χ1) is 10.7. The number of ether oxygens (including phenoxy) is 1. The van der Waals surface area contributed by atoms with Crippen molar-refractivity contribution in [3.63, 3.8) is 0 Å².